The Bertz CT molecular complexity index is 373. The van der Waals surface area contributed by atoms with Gasteiger partial charge in [0.2, 0.25) is 0 Å². The molecule has 1 aromatic heterocycles. The lowest BCUT2D eigenvalue weighted by Crippen LogP contribution is -2.06. The lowest BCUT2D eigenvalue weighted by atomic mass is 10.1. The van der Waals surface area contributed by atoms with Crippen LogP contribution >= 0.6 is 11.3 Å². The average molecular weight is 192 g/mol. The van der Waals surface area contributed by atoms with Gasteiger partial charge in [0.1, 0.15) is 10.9 Å². The third-order valence-corrected chi connectivity index (χ3v) is 4.03. The van der Waals surface area contributed by atoms with E-state index in [9.17, 15) is 0 Å². The first-order valence-corrected chi connectivity index (χ1v) is 5.14. The van der Waals surface area contributed by atoms with Crippen molar-refractivity contribution >= 4 is 11.3 Å². The molecule has 1 saturated carbocycles. The Hall–Kier alpha value is -0.850. The van der Waals surface area contributed by atoms with Crippen LogP contribution in [-0.4, -0.2) is 6.04 Å². The Kier molecular flexibility index (Phi) is 1.73. The smallest absolute Gasteiger partial charge is 0.110 e. The van der Waals surface area contributed by atoms with Gasteiger partial charge in [-0.25, -0.2) is 0 Å². The van der Waals surface area contributed by atoms with E-state index in [0.29, 0.717) is 5.92 Å². The number of nitriles is 1. The topological polar surface area (TPSA) is 49.8 Å². The van der Waals surface area contributed by atoms with Gasteiger partial charge >= 0.3 is 0 Å². The van der Waals surface area contributed by atoms with E-state index in [4.69, 9.17) is 11.0 Å². The molecular formula is C10H12N2S. The number of rotatable bonds is 1. The van der Waals surface area contributed by atoms with Gasteiger partial charge in [0, 0.05) is 16.8 Å². The standard InChI is InChI=1S/C10H12N2S/c1-10(2)8(9(10)12)7-4-3-6(5-11)13-7/h3-4,8-9H,12H2,1-2H3. The number of hydrogen-bond acceptors (Lipinski definition) is 3. The average Bonchev–Trinajstić information content (AvgIpc) is 2.55. The highest BCUT2D eigenvalue weighted by atomic mass is 32.1. The molecule has 2 unspecified atom stereocenters. The van der Waals surface area contributed by atoms with Gasteiger partial charge in [-0.05, 0) is 17.5 Å². The first-order valence-electron chi connectivity index (χ1n) is 4.33. The minimum atomic E-state index is 0.220. The quantitative estimate of drug-likeness (QED) is 0.740. The number of nitrogens with two attached hydrogens (primary N) is 1. The summed E-state index contributed by atoms with van der Waals surface area (Å²) in [5.74, 6) is 0.458. The molecule has 1 aliphatic rings. The summed E-state index contributed by atoms with van der Waals surface area (Å²) in [6.45, 7) is 4.35. The number of nitrogens with zero attached hydrogens (tertiary/aromatic N) is 1. The molecule has 0 bridgehead atoms. The van der Waals surface area contributed by atoms with Crippen LogP contribution in [0.5, 0.6) is 0 Å². The lowest BCUT2D eigenvalue weighted by molar-refractivity contribution is 0.601. The summed E-state index contributed by atoms with van der Waals surface area (Å²) >= 11 is 1.57. The van der Waals surface area contributed by atoms with Crippen LogP contribution in [0, 0.1) is 16.7 Å². The molecule has 1 fully saturated rings. The van der Waals surface area contributed by atoms with E-state index in [-0.39, 0.29) is 11.5 Å². The molecule has 1 aromatic rings. The molecule has 1 aliphatic carbocycles. The minimum absolute atomic E-state index is 0.220. The Morgan fingerprint density at radius 2 is 2.15 bits per heavy atom. The fraction of sp³-hybridized carbons (Fsp3) is 0.500. The van der Waals surface area contributed by atoms with Gasteiger partial charge in [0.15, 0.2) is 0 Å². The highest BCUT2D eigenvalue weighted by molar-refractivity contribution is 7.12. The van der Waals surface area contributed by atoms with Gasteiger partial charge < -0.3 is 5.73 Å². The van der Waals surface area contributed by atoms with Gasteiger partial charge in [-0.2, -0.15) is 5.26 Å². The van der Waals surface area contributed by atoms with E-state index in [1.165, 1.54) is 4.88 Å². The summed E-state index contributed by atoms with van der Waals surface area (Å²) in [7, 11) is 0. The molecule has 2 atom stereocenters. The van der Waals surface area contributed by atoms with E-state index in [1.54, 1.807) is 11.3 Å². The maximum absolute atomic E-state index is 8.68. The van der Waals surface area contributed by atoms with Crippen LogP contribution in [0.3, 0.4) is 0 Å². The van der Waals surface area contributed by atoms with Crippen molar-refractivity contribution in [3.05, 3.63) is 21.9 Å². The van der Waals surface area contributed by atoms with Crippen molar-refractivity contribution in [1.82, 2.24) is 0 Å². The molecule has 2 N–H and O–H groups in total. The molecule has 0 amide bonds. The Labute approximate surface area is 82.0 Å². The summed E-state index contributed by atoms with van der Waals surface area (Å²) in [5.41, 5.74) is 6.17. The fourth-order valence-corrected chi connectivity index (χ4v) is 2.95. The Morgan fingerprint density at radius 3 is 2.54 bits per heavy atom. The van der Waals surface area contributed by atoms with Gasteiger partial charge in [-0.1, -0.05) is 13.8 Å². The molecule has 2 rings (SSSR count). The molecule has 3 heteroatoms. The van der Waals surface area contributed by atoms with Crippen LogP contribution in [-0.2, 0) is 0 Å². The molecule has 2 nitrogen and oxygen atoms in total. The van der Waals surface area contributed by atoms with Crippen LogP contribution < -0.4 is 5.73 Å². The maximum Gasteiger partial charge on any atom is 0.110 e. The van der Waals surface area contributed by atoms with Gasteiger partial charge in [-0.15, -0.1) is 11.3 Å². The second-order valence-corrected chi connectivity index (χ2v) is 5.25. The van der Waals surface area contributed by atoms with Crippen molar-refractivity contribution < 1.29 is 0 Å². The van der Waals surface area contributed by atoms with Crippen LogP contribution in [0.4, 0.5) is 0 Å². The third-order valence-electron chi connectivity index (χ3n) is 2.95. The van der Waals surface area contributed by atoms with Crippen molar-refractivity contribution in [2.24, 2.45) is 11.1 Å². The Morgan fingerprint density at radius 1 is 1.54 bits per heavy atom. The molecule has 0 aliphatic heterocycles. The van der Waals surface area contributed by atoms with E-state index in [0.717, 1.165) is 4.88 Å². The third kappa shape index (κ3) is 1.18. The molecule has 68 valence electrons. The summed E-state index contributed by atoms with van der Waals surface area (Å²) < 4.78 is 0. The number of hydrogen-bond donors (Lipinski definition) is 1. The summed E-state index contributed by atoms with van der Waals surface area (Å²) in [4.78, 5) is 2.04. The maximum atomic E-state index is 8.68. The van der Waals surface area contributed by atoms with Gasteiger partial charge in [0.25, 0.3) is 0 Å². The zero-order valence-electron chi connectivity index (χ0n) is 7.74. The molecule has 0 radical (unpaired) electrons. The normalized spacial score (nSPS) is 29.7. The van der Waals surface area contributed by atoms with Crippen molar-refractivity contribution in [2.45, 2.75) is 25.8 Å². The summed E-state index contributed by atoms with van der Waals surface area (Å²) in [5, 5.41) is 8.68. The highest BCUT2D eigenvalue weighted by Gasteiger charge is 2.56. The van der Waals surface area contributed by atoms with Crippen molar-refractivity contribution in [3.8, 4) is 6.07 Å². The van der Waals surface area contributed by atoms with Gasteiger partial charge in [-0.3, -0.25) is 0 Å². The molecular weight excluding hydrogens is 180 g/mol. The minimum Gasteiger partial charge on any atom is -0.327 e. The molecule has 1 heterocycles. The monoisotopic (exact) mass is 192 g/mol. The zero-order valence-corrected chi connectivity index (χ0v) is 8.56. The molecule has 0 spiro atoms. The Balaban J connectivity index is 2.26. The SMILES string of the molecule is CC1(C)C(N)C1c1ccc(C#N)s1. The highest BCUT2D eigenvalue weighted by Crippen LogP contribution is 2.58. The van der Waals surface area contributed by atoms with E-state index in [1.807, 2.05) is 12.1 Å². The van der Waals surface area contributed by atoms with Crippen molar-refractivity contribution in [1.29, 1.82) is 5.26 Å². The summed E-state index contributed by atoms with van der Waals surface area (Å²) in [6.07, 6.45) is 0. The van der Waals surface area contributed by atoms with Crippen LogP contribution in [0.25, 0.3) is 0 Å². The van der Waals surface area contributed by atoms with E-state index >= 15 is 0 Å². The van der Waals surface area contributed by atoms with Crippen molar-refractivity contribution in [3.63, 3.8) is 0 Å². The van der Waals surface area contributed by atoms with Crippen LogP contribution in [0.2, 0.25) is 0 Å². The van der Waals surface area contributed by atoms with Crippen LogP contribution in [0.15, 0.2) is 12.1 Å². The largest absolute Gasteiger partial charge is 0.327 e. The second-order valence-electron chi connectivity index (χ2n) is 4.14. The zero-order chi connectivity index (χ0) is 9.64. The molecule has 13 heavy (non-hydrogen) atoms. The predicted octanol–water partition coefficient (Wildman–Crippen LogP) is 2.07. The summed E-state index contributed by atoms with van der Waals surface area (Å²) in [6, 6.07) is 6.32. The molecule has 0 saturated heterocycles. The molecule has 0 aromatic carbocycles. The van der Waals surface area contributed by atoms with E-state index in [2.05, 4.69) is 19.9 Å². The predicted molar refractivity (Wildman–Crippen MR) is 53.5 cm³/mol. The first-order chi connectivity index (χ1) is 6.07. The van der Waals surface area contributed by atoms with Crippen molar-refractivity contribution in [2.75, 3.05) is 0 Å². The van der Waals surface area contributed by atoms with Gasteiger partial charge in [0.05, 0.1) is 0 Å². The van der Waals surface area contributed by atoms with Crippen LogP contribution in [0.1, 0.15) is 29.5 Å². The van der Waals surface area contributed by atoms with E-state index < -0.39 is 0 Å². The number of thiophene rings is 1. The first kappa shape index (κ1) is 8.74. The lowest BCUT2D eigenvalue weighted by Gasteiger charge is -1.97. The second kappa shape index (κ2) is 2.57. The fourth-order valence-electron chi connectivity index (χ4n) is 1.80.